The first-order valence-corrected chi connectivity index (χ1v) is 4.68. The molecule has 0 aliphatic rings. The van der Waals surface area contributed by atoms with E-state index in [4.69, 9.17) is 10.5 Å². The molecule has 0 bridgehead atoms. The molecule has 0 fully saturated rings. The number of rotatable bonds is 4. The molecule has 1 aromatic rings. The van der Waals surface area contributed by atoms with Crippen LogP contribution in [-0.2, 0) is 0 Å². The van der Waals surface area contributed by atoms with Crippen LogP contribution in [0, 0.1) is 10.1 Å². The smallest absolute Gasteiger partial charge is 0.311 e. The van der Waals surface area contributed by atoms with Crippen LogP contribution in [0.4, 0.5) is 5.69 Å². The van der Waals surface area contributed by atoms with Crippen LogP contribution >= 0.6 is 0 Å². The molecule has 0 aromatic heterocycles. The number of hydrogen-bond acceptors (Lipinski definition) is 4. The summed E-state index contributed by atoms with van der Waals surface area (Å²) in [6, 6.07) is 4.62. The summed E-state index contributed by atoms with van der Waals surface area (Å²) in [6.45, 7) is 1.93. The standard InChI is InChI=1S/C10H14N2O3/c1-3-8(11)7-4-5-10(15-2)9(6-7)12(13)14/h4-6,8H,3,11H2,1-2H3. The minimum atomic E-state index is -0.468. The van der Waals surface area contributed by atoms with Gasteiger partial charge in [-0.3, -0.25) is 10.1 Å². The van der Waals surface area contributed by atoms with Gasteiger partial charge in [0.2, 0.25) is 0 Å². The lowest BCUT2D eigenvalue weighted by Crippen LogP contribution is -2.09. The molecular formula is C10H14N2O3. The molecule has 0 heterocycles. The zero-order chi connectivity index (χ0) is 11.4. The van der Waals surface area contributed by atoms with Crippen molar-refractivity contribution in [3.05, 3.63) is 33.9 Å². The van der Waals surface area contributed by atoms with Crippen LogP contribution in [0.25, 0.3) is 0 Å². The average Bonchev–Trinajstić information content (AvgIpc) is 2.27. The third-order valence-electron chi connectivity index (χ3n) is 2.27. The maximum atomic E-state index is 10.7. The van der Waals surface area contributed by atoms with Gasteiger partial charge in [0.25, 0.3) is 0 Å². The Morgan fingerprint density at radius 1 is 1.60 bits per heavy atom. The Balaban J connectivity index is 3.16. The number of nitro benzene ring substituents is 1. The lowest BCUT2D eigenvalue weighted by atomic mass is 10.0. The summed E-state index contributed by atoms with van der Waals surface area (Å²) < 4.78 is 4.89. The Morgan fingerprint density at radius 2 is 2.27 bits per heavy atom. The third kappa shape index (κ3) is 2.44. The highest BCUT2D eigenvalue weighted by Gasteiger charge is 2.16. The summed E-state index contributed by atoms with van der Waals surface area (Å²) in [6.07, 6.45) is 0.740. The monoisotopic (exact) mass is 210 g/mol. The fourth-order valence-corrected chi connectivity index (χ4v) is 1.32. The van der Waals surface area contributed by atoms with Crippen molar-refractivity contribution in [3.63, 3.8) is 0 Å². The fraction of sp³-hybridized carbons (Fsp3) is 0.400. The van der Waals surface area contributed by atoms with Crippen LogP contribution in [0.2, 0.25) is 0 Å². The molecule has 0 aliphatic carbocycles. The summed E-state index contributed by atoms with van der Waals surface area (Å²) in [5, 5.41) is 10.7. The molecule has 1 unspecified atom stereocenters. The Morgan fingerprint density at radius 3 is 2.73 bits per heavy atom. The van der Waals surface area contributed by atoms with E-state index in [1.165, 1.54) is 13.2 Å². The van der Waals surface area contributed by atoms with Gasteiger partial charge in [-0.25, -0.2) is 0 Å². The first-order chi connectivity index (χ1) is 7.10. The summed E-state index contributed by atoms with van der Waals surface area (Å²) in [5.74, 6) is 0.257. The second-order valence-electron chi connectivity index (χ2n) is 3.20. The van der Waals surface area contributed by atoms with Crippen LogP contribution in [-0.4, -0.2) is 12.0 Å². The van der Waals surface area contributed by atoms with Crippen LogP contribution in [0.1, 0.15) is 24.9 Å². The Kier molecular flexibility index (Phi) is 3.62. The first kappa shape index (κ1) is 11.5. The van der Waals surface area contributed by atoms with Gasteiger partial charge in [-0.1, -0.05) is 13.0 Å². The van der Waals surface area contributed by atoms with E-state index in [9.17, 15) is 10.1 Å². The van der Waals surface area contributed by atoms with E-state index in [0.29, 0.717) is 0 Å². The molecule has 2 N–H and O–H groups in total. The van der Waals surface area contributed by atoms with Crippen molar-refractivity contribution in [1.82, 2.24) is 0 Å². The minimum absolute atomic E-state index is 0.0427. The van der Waals surface area contributed by atoms with Crippen molar-refractivity contribution < 1.29 is 9.66 Å². The molecule has 0 amide bonds. The molecule has 15 heavy (non-hydrogen) atoms. The number of methoxy groups -OCH3 is 1. The van der Waals surface area contributed by atoms with Crippen molar-refractivity contribution in [2.75, 3.05) is 7.11 Å². The molecule has 0 spiro atoms. The number of nitro groups is 1. The van der Waals surface area contributed by atoms with Crippen molar-refractivity contribution in [3.8, 4) is 5.75 Å². The molecule has 0 saturated heterocycles. The predicted octanol–water partition coefficient (Wildman–Crippen LogP) is 2.01. The van der Waals surface area contributed by atoms with E-state index in [0.717, 1.165) is 12.0 Å². The molecule has 5 heteroatoms. The van der Waals surface area contributed by atoms with E-state index in [1.54, 1.807) is 12.1 Å². The molecule has 5 nitrogen and oxygen atoms in total. The highest BCUT2D eigenvalue weighted by Crippen LogP contribution is 2.29. The largest absolute Gasteiger partial charge is 0.490 e. The summed E-state index contributed by atoms with van der Waals surface area (Å²) >= 11 is 0. The maximum Gasteiger partial charge on any atom is 0.311 e. The Hall–Kier alpha value is -1.62. The number of hydrogen-bond donors (Lipinski definition) is 1. The normalized spacial score (nSPS) is 12.2. The summed E-state index contributed by atoms with van der Waals surface area (Å²) in [7, 11) is 1.40. The van der Waals surface area contributed by atoms with E-state index in [1.807, 2.05) is 6.92 Å². The van der Waals surface area contributed by atoms with Gasteiger partial charge in [0.1, 0.15) is 0 Å². The van der Waals surface area contributed by atoms with Crippen molar-refractivity contribution >= 4 is 5.69 Å². The van der Waals surface area contributed by atoms with Gasteiger partial charge in [-0.05, 0) is 18.1 Å². The molecule has 1 aromatic carbocycles. The van der Waals surface area contributed by atoms with Gasteiger partial charge in [0.15, 0.2) is 5.75 Å². The first-order valence-electron chi connectivity index (χ1n) is 4.68. The van der Waals surface area contributed by atoms with Gasteiger partial charge < -0.3 is 10.5 Å². The average molecular weight is 210 g/mol. The van der Waals surface area contributed by atoms with E-state index in [-0.39, 0.29) is 17.5 Å². The molecular weight excluding hydrogens is 196 g/mol. The molecule has 0 saturated carbocycles. The van der Waals surface area contributed by atoms with Crippen LogP contribution in [0.3, 0.4) is 0 Å². The maximum absolute atomic E-state index is 10.7. The van der Waals surface area contributed by atoms with Gasteiger partial charge in [0.05, 0.1) is 12.0 Å². The van der Waals surface area contributed by atoms with E-state index in [2.05, 4.69) is 0 Å². The summed E-state index contributed by atoms with van der Waals surface area (Å²) in [5.41, 5.74) is 6.50. The fourth-order valence-electron chi connectivity index (χ4n) is 1.32. The van der Waals surface area contributed by atoms with Gasteiger partial charge in [0, 0.05) is 12.1 Å². The molecule has 82 valence electrons. The van der Waals surface area contributed by atoms with Crippen molar-refractivity contribution in [2.24, 2.45) is 5.73 Å². The molecule has 1 atom stereocenters. The third-order valence-corrected chi connectivity index (χ3v) is 2.27. The van der Waals surface area contributed by atoms with Gasteiger partial charge in [-0.2, -0.15) is 0 Å². The van der Waals surface area contributed by atoms with Crippen LogP contribution in [0.5, 0.6) is 5.75 Å². The number of nitrogens with two attached hydrogens (primary N) is 1. The van der Waals surface area contributed by atoms with E-state index < -0.39 is 4.92 Å². The van der Waals surface area contributed by atoms with E-state index >= 15 is 0 Å². The van der Waals surface area contributed by atoms with Crippen molar-refractivity contribution in [1.29, 1.82) is 0 Å². The molecule has 0 aliphatic heterocycles. The second kappa shape index (κ2) is 4.75. The summed E-state index contributed by atoms with van der Waals surface area (Å²) in [4.78, 5) is 10.3. The second-order valence-corrected chi connectivity index (χ2v) is 3.20. The minimum Gasteiger partial charge on any atom is -0.490 e. The zero-order valence-corrected chi connectivity index (χ0v) is 8.77. The highest BCUT2D eigenvalue weighted by atomic mass is 16.6. The number of benzene rings is 1. The zero-order valence-electron chi connectivity index (χ0n) is 8.77. The lowest BCUT2D eigenvalue weighted by Gasteiger charge is -2.09. The Labute approximate surface area is 88.0 Å². The Bertz CT molecular complexity index is 366. The van der Waals surface area contributed by atoms with Crippen LogP contribution in [0.15, 0.2) is 18.2 Å². The predicted molar refractivity (Wildman–Crippen MR) is 56.9 cm³/mol. The topological polar surface area (TPSA) is 78.4 Å². The van der Waals surface area contributed by atoms with Crippen LogP contribution < -0.4 is 10.5 Å². The van der Waals surface area contributed by atoms with Gasteiger partial charge >= 0.3 is 5.69 Å². The molecule has 1 rings (SSSR count). The molecule has 0 radical (unpaired) electrons. The van der Waals surface area contributed by atoms with Crippen molar-refractivity contribution in [2.45, 2.75) is 19.4 Å². The quantitative estimate of drug-likeness (QED) is 0.609. The highest BCUT2D eigenvalue weighted by molar-refractivity contribution is 5.49. The number of nitrogens with zero attached hydrogens (tertiary/aromatic N) is 1. The SMILES string of the molecule is CCC(N)c1ccc(OC)c([N+](=O)[O-])c1. The van der Waals surface area contributed by atoms with Gasteiger partial charge in [-0.15, -0.1) is 0 Å². The lowest BCUT2D eigenvalue weighted by molar-refractivity contribution is -0.385. The number of ether oxygens (including phenoxy) is 1.